The average molecular weight is 260 g/mol. The average Bonchev–Trinajstić information content (AvgIpc) is 2.71. The summed E-state index contributed by atoms with van der Waals surface area (Å²) in [6, 6.07) is 3.10. The Hall–Kier alpha value is -1.69. The van der Waals surface area contributed by atoms with E-state index in [1.807, 2.05) is 0 Å². The van der Waals surface area contributed by atoms with Gasteiger partial charge in [-0.2, -0.15) is 0 Å². The van der Waals surface area contributed by atoms with Gasteiger partial charge < -0.3 is 9.73 Å². The third-order valence-corrected chi connectivity index (χ3v) is 2.14. The van der Waals surface area contributed by atoms with E-state index in [1.54, 1.807) is 6.92 Å². The van der Waals surface area contributed by atoms with Crippen molar-refractivity contribution in [2.24, 2.45) is 0 Å². The van der Waals surface area contributed by atoms with Crippen molar-refractivity contribution in [3.63, 3.8) is 0 Å². The Balaban J connectivity index is 2.19. The number of nitrogens with one attached hydrogen (secondary N) is 1. The number of nitrogens with zero attached hydrogens (tertiary/aromatic N) is 2. The first kappa shape index (κ1) is 11.8. The smallest absolute Gasteiger partial charge is 0.320 e. The molecule has 1 aromatic heterocycles. The van der Waals surface area contributed by atoms with Crippen LogP contribution in [0.25, 0.3) is 0 Å². The van der Waals surface area contributed by atoms with Gasteiger partial charge in [0, 0.05) is 6.07 Å². The van der Waals surface area contributed by atoms with Crippen molar-refractivity contribution in [2.75, 3.05) is 5.32 Å². The molecular formula is C10H8ClF2N3O. The van der Waals surface area contributed by atoms with Gasteiger partial charge in [0.15, 0.2) is 0 Å². The lowest BCUT2D eigenvalue weighted by Gasteiger charge is -2.02. The molecule has 17 heavy (non-hydrogen) atoms. The Bertz CT molecular complexity index is 530. The van der Waals surface area contributed by atoms with Gasteiger partial charge in [-0.25, -0.2) is 8.78 Å². The molecule has 1 aromatic carbocycles. The second-order valence-corrected chi connectivity index (χ2v) is 3.97. The van der Waals surface area contributed by atoms with E-state index >= 15 is 0 Å². The summed E-state index contributed by atoms with van der Waals surface area (Å²) < 4.78 is 31.1. The molecule has 7 heteroatoms. The zero-order chi connectivity index (χ0) is 12.4. The van der Waals surface area contributed by atoms with Crippen molar-refractivity contribution in [1.29, 1.82) is 0 Å². The van der Waals surface area contributed by atoms with Gasteiger partial charge in [-0.3, -0.25) is 0 Å². The Morgan fingerprint density at radius 1 is 1.35 bits per heavy atom. The first-order valence-corrected chi connectivity index (χ1v) is 5.19. The van der Waals surface area contributed by atoms with Crippen LogP contribution in [0.4, 0.5) is 20.5 Å². The molecule has 2 rings (SSSR count). The number of alkyl halides is 1. The van der Waals surface area contributed by atoms with Gasteiger partial charge in [-0.05, 0) is 19.1 Å². The minimum absolute atomic E-state index is 0.00184. The molecule has 0 aliphatic carbocycles. The topological polar surface area (TPSA) is 51.0 Å². The molecule has 0 spiro atoms. The number of hydrogen-bond donors (Lipinski definition) is 1. The number of benzene rings is 1. The van der Waals surface area contributed by atoms with Crippen LogP contribution in [0.3, 0.4) is 0 Å². The van der Waals surface area contributed by atoms with Gasteiger partial charge in [-0.1, -0.05) is 5.10 Å². The Labute approximate surface area is 101 Å². The van der Waals surface area contributed by atoms with Crippen LogP contribution >= 0.6 is 11.6 Å². The van der Waals surface area contributed by atoms with Crippen molar-refractivity contribution in [3.8, 4) is 0 Å². The lowest BCUT2D eigenvalue weighted by molar-refractivity contribution is 0.508. The largest absolute Gasteiger partial charge is 0.406 e. The van der Waals surface area contributed by atoms with Crippen LogP contribution in [0.2, 0.25) is 0 Å². The quantitative estimate of drug-likeness (QED) is 0.859. The van der Waals surface area contributed by atoms with E-state index in [9.17, 15) is 8.78 Å². The molecule has 1 unspecified atom stereocenters. The second-order valence-electron chi connectivity index (χ2n) is 3.31. The monoisotopic (exact) mass is 259 g/mol. The van der Waals surface area contributed by atoms with Crippen molar-refractivity contribution in [2.45, 2.75) is 12.3 Å². The summed E-state index contributed by atoms with van der Waals surface area (Å²) in [5.74, 6) is -1.19. The van der Waals surface area contributed by atoms with Crippen molar-refractivity contribution < 1.29 is 13.2 Å². The summed E-state index contributed by atoms with van der Waals surface area (Å²) in [5.41, 5.74) is 0.0452. The van der Waals surface area contributed by atoms with E-state index in [0.717, 1.165) is 12.1 Å². The predicted molar refractivity (Wildman–Crippen MR) is 58.2 cm³/mol. The van der Waals surface area contributed by atoms with Crippen LogP contribution in [-0.2, 0) is 0 Å². The summed E-state index contributed by atoms with van der Waals surface area (Å²) in [5, 5.41) is 9.38. The highest BCUT2D eigenvalue weighted by Gasteiger charge is 2.12. The molecule has 1 heterocycles. The lowest BCUT2D eigenvalue weighted by atomic mass is 10.3. The van der Waals surface area contributed by atoms with E-state index < -0.39 is 17.0 Å². The molecule has 2 aromatic rings. The minimum atomic E-state index is -0.747. The van der Waals surface area contributed by atoms with Gasteiger partial charge in [0.2, 0.25) is 5.89 Å². The highest BCUT2D eigenvalue weighted by Crippen LogP contribution is 2.23. The second kappa shape index (κ2) is 4.67. The molecule has 0 amide bonds. The molecule has 1 N–H and O–H groups in total. The van der Waals surface area contributed by atoms with Crippen LogP contribution in [0.1, 0.15) is 18.2 Å². The number of anilines is 2. The molecule has 1 atom stereocenters. The van der Waals surface area contributed by atoms with Crippen molar-refractivity contribution in [1.82, 2.24) is 10.2 Å². The highest BCUT2D eigenvalue weighted by molar-refractivity contribution is 6.20. The van der Waals surface area contributed by atoms with Crippen LogP contribution in [0.15, 0.2) is 22.6 Å². The van der Waals surface area contributed by atoms with E-state index in [0.29, 0.717) is 0 Å². The third-order valence-electron chi connectivity index (χ3n) is 1.95. The maximum Gasteiger partial charge on any atom is 0.320 e. The lowest BCUT2D eigenvalue weighted by Crippen LogP contribution is -1.94. The van der Waals surface area contributed by atoms with E-state index in [4.69, 9.17) is 16.0 Å². The summed E-state index contributed by atoms with van der Waals surface area (Å²) in [4.78, 5) is 0. The fourth-order valence-corrected chi connectivity index (χ4v) is 1.24. The van der Waals surface area contributed by atoms with Gasteiger partial charge in [0.05, 0.1) is 5.69 Å². The van der Waals surface area contributed by atoms with E-state index in [1.165, 1.54) is 6.07 Å². The van der Waals surface area contributed by atoms with Crippen LogP contribution < -0.4 is 5.32 Å². The van der Waals surface area contributed by atoms with Crippen molar-refractivity contribution >= 4 is 23.3 Å². The van der Waals surface area contributed by atoms with Crippen LogP contribution in [0.5, 0.6) is 0 Å². The standard InChI is InChI=1S/C10H8ClF2N3O/c1-5(11)9-15-16-10(17-9)14-8-3-2-6(12)4-7(8)13/h2-5H,1H3,(H,14,16). The maximum absolute atomic E-state index is 13.3. The zero-order valence-electron chi connectivity index (χ0n) is 8.75. The first-order valence-electron chi connectivity index (χ1n) is 4.76. The van der Waals surface area contributed by atoms with Crippen LogP contribution in [-0.4, -0.2) is 10.2 Å². The van der Waals surface area contributed by atoms with Gasteiger partial charge in [0.25, 0.3) is 0 Å². The molecule has 0 bridgehead atoms. The van der Waals surface area contributed by atoms with Gasteiger partial charge in [-0.15, -0.1) is 16.7 Å². The summed E-state index contributed by atoms with van der Waals surface area (Å²) in [6.07, 6.45) is 0. The Morgan fingerprint density at radius 3 is 2.71 bits per heavy atom. The molecule has 0 saturated heterocycles. The van der Waals surface area contributed by atoms with E-state index in [-0.39, 0.29) is 17.6 Å². The normalized spacial score (nSPS) is 12.5. The maximum atomic E-state index is 13.3. The molecule has 0 aliphatic rings. The Kier molecular flexibility index (Phi) is 3.23. The fraction of sp³-hybridized carbons (Fsp3) is 0.200. The Morgan fingerprint density at radius 2 is 2.12 bits per heavy atom. The minimum Gasteiger partial charge on any atom is -0.406 e. The highest BCUT2D eigenvalue weighted by atomic mass is 35.5. The summed E-state index contributed by atoms with van der Waals surface area (Å²) in [7, 11) is 0. The molecule has 4 nitrogen and oxygen atoms in total. The number of hydrogen-bond acceptors (Lipinski definition) is 4. The zero-order valence-corrected chi connectivity index (χ0v) is 9.50. The number of rotatable bonds is 3. The van der Waals surface area contributed by atoms with Crippen molar-refractivity contribution in [3.05, 3.63) is 35.7 Å². The van der Waals surface area contributed by atoms with E-state index in [2.05, 4.69) is 15.5 Å². The molecule has 0 aliphatic heterocycles. The van der Waals surface area contributed by atoms with Crippen LogP contribution in [0, 0.1) is 11.6 Å². The predicted octanol–water partition coefficient (Wildman–Crippen LogP) is 3.39. The van der Waals surface area contributed by atoms with Gasteiger partial charge >= 0.3 is 6.01 Å². The molecular weight excluding hydrogens is 252 g/mol. The summed E-state index contributed by atoms with van der Waals surface area (Å²) >= 11 is 5.72. The molecule has 0 fully saturated rings. The SMILES string of the molecule is CC(Cl)c1nnc(Nc2ccc(F)cc2F)o1. The molecule has 90 valence electrons. The molecule has 0 saturated carbocycles. The number of halogens is 3. The third kappa shape index (κ3) is 2.71. The number of aromatic nitrogens is 2. The molecule has 0 radical (unpaired) electrons. The fourth-order valence-electron chi connectivity index (χ4n) is 1.15. The van der Waals surface area contributed by atoms with Gasteiger partial charge in [0.1, 0.15) is 17.0 Å². The summed E-state index contributed by atoms with van der Waals surface area (Å²) in [6.45, 7) is 1.66. The first-order chi connectivity index (χ1) is 8.06.